The molecule has 2 fully saturated rings. The Morgan fingerprint density at radius 1 is 1.42 bits per heavy atom. The number of amides is 3. The van der Waals surface area contributed by atoms with Gasteiger partial charge in [0.05, 0.1) is 0 Å². The summed E-state index contributed by atoms with van der Waals surface area (Å²) in [5.74, 6) is -0.743. The Morgan fingerprint density at radius 2 is 2.11 bits per heavy atom. The summed E-state index contributed by atoms with van der Waals surface area (Å²) in [6.45, 7) is 0.749. The summed E-state index contributed by atoms with van der Waals surface area (Å²) in [4.78, 5) is 37.3. The van der Waals surface area contributed by atoms with Crippen LogP contribution in [0.4, 0.5) is 4.79 Å². The molecule has 1 aliphatic carbocycles. The Morgan fingerprint density at radius 3 is 2.58 bits per heavy atom. The Hall–Kier alpha value is -1.79. The smallest absolute Gasteiger partial charge is 0.323 e. The van der Waals surface area contributed by atoms with Gasteiger partial charge in [-0.3, -0.25) is 9.59 Å². The van der Waals surface area contributed by atoms with Crippen LogP contribution in [0.1, 0.15) is 19.3 Å². The fourth-order valence-electron chi connectivity index (χ4n) is 2.19. The third-order valence-electron chi connectivity index (χ3n) is 3.51. The van der Waals surface area contributed by atoms with Gasteiger partial charge in [-0.2, -0.15) is 0 Å². The Balaban J connectivity index is 1.90. The van der Waals surface area contributed by atoms with Gasteiger partial charge in [0.15, 0.2) is 0 Å². The van der Waals surface area contributed by atoms with Crippen molar-refractivity contribution in [2.75, 3.05) is 26.7 Å². The number of carboxylic acid groups (broad SMARTS) is 1. The Labute approximate surface area is 111 Å². The predicted octanol–water partition coefficient (Wildman–Crippen LogP) is -0.277. The molecule has 3 amide bonds. The van der Waals surface area contributed by atoms with E-state index in [0.29, 0.717) is 25.4 Å². The molecule has 1 atom stereocenters. The third-order valence-corrected chi connectivity index (χ3v) is 3.51. The first-order chi connectivity index (χ1) is 8.97. The zero-order valence-corrected chi connectivity index (χ0v) is 11.0. The van der Waals surface area contributed by atoms with Crippen LogP contribution in [-0.4, -0.2) is 65.5 Å². The van der Waals surface area contributed by atoms with Crippen LogP contribution in [-0.2, 0) is 9.59 Å². The zero-order chi connectivity index (χ0) is 14.0. The van der Waals surface area contributed by atoms with Crippen LogP contribution in [0.5, 0.6) is 0 Å². The van der Waals surface area contributed by atoms with Crippen molar-refractivity contribution in [1.29, 1.82) is 0 Å². The number of carbonyl (C=O) groups is 3. The highest BCUT2D eigenvalue weighted by Crippen LogP contribution is 2.29. The minimum atomic E-state index is -1.04. The first-order valence-electron chi connectivity index (χ1n) is 6.49. The van der Waals surface area contributed by atoms with E-state index in [0.717, 1.165) is 12.8 Å². The zero-order valence-electron chi connectivity index (χ0n) is 11.0. The average Bonchev–Trinajstić information content (AvgIpc) is 3.10. The van der Waals surface area contributed by atoms with Gasteiger partial charge in [-0.25, -0.2) is 4.79 Å². The van der Waals surface area contributed by atoms with Gasteiger partial charge in [0.25, 0.3) is 0 Å². The average molecular weight is 269 g/mol. The molecule has 1 saturated carbocycles. The molecule has 0 aromatic rings. The second kappa shape index (κ2) is 5.46. The van der Waals surface area contributed by atoms with Gasteiger partial charge >= 0.3 is 12.0 Å². The van der Waals surface area contributed by atoms with E-state index in [1.54, 1.807) is 11.9 Å². The van der Waals surface area contributed by atoms with E-state index in [1.165, 1.54) is 4.90 Å². The van der Waals surface area contributed by atoms with E-state index in [-0.39, 0.29) is 12.5 Å². The highest BCUT2D eigenvalue weighted by molar-refractivity contribution is 5.89. The van der Waals surface area contributed by atoms with E-state index in [9.17, 15) is 14.4 Å². The lowest BCUT2D eigenvalue weighted by atomic mass is 10.2. The van der Waals surface area contributed by atoms with Crippen molar-refractivity contribution in [2.45, 2.75) is 25.3 Å². The molecule has 7 heteroatoms. The topological polar surface area (TPSA) is 90.0 Å². The Kier molecular flexibility index (Phi) is 3.92. The van der Waals surface area contributed by atoms with E-state index < -0.39 is 18.0 Å². The molecular weight excluding hydrogens is 250 g/mol. The van der Waals surface area contributed by atoms with Gasteiger partial charge in [-0.15, -0.1) is 0 Å². The molecule has 0 bridgehead atoms. The molecule has 1 aliphatic heterocycles. The monoisotopic (exact) mass is 269 g/mol. The molecule has 0 radical (unpaired) electrons. The number of nitrogens with one attached hydrogen (secondary N) is 1. The van der Waals surface area contributed by atoms with Crippen LogP contribution >= 0.6 is 0 Å². The summed E-state index contributed by atoms with van der Waals surface area (Å²) in [5.41, 5.74) is 0. The van der Waals surface area contributed by atoms with Crippen LogP contribution in [0, 0.1) is 5.92 Å². The summed E-state index contributed by atoms with van der Waals surface area (Å²) in [6, 6.07) is -0.976. The first kappa shape index (κ1) is 13.6. The van der Waals surface area contributed by atoms with Crippen LogP contribution < -0.4 is 5.32 Å². The normalized spacial score (nSPS) is 22.5. The molecule has 1 unspecified atom stereocenters. The number of hydrogen-bond donors (Lipinski definition) is 2. The number of nitrogens with zero attached hydrogens (tertiary/aromatic N) is 2. The fourth-order valence-corrected chi connectivity index (χ4v) is 2.19. The van der Waals surface area contributed by atoms with Crippen molar-refractivity contribution in [3.8, 4) is 0 Å². The standard InChI is InChI=1S/C12H19N3O4/c1-14-5-4-9(11(14)18)13-12(19)15(7-10(16)17)6-8-2-3-8/h8-9H,2-7H2,1H3,(H,13,19)(H,16,17). The molecule has 2 N–H and O–H groups in total. The molecule has 1 heterocycles. The number of carboxylic acids is 1. The van der Waals surface area contributed by atoms with Crippen molar-refractivity contribution >= 4 is 17.9 Å². The van der Waals surface area contributed by atoms with Crippen LogP contribution in [0.3, 0.4) is 0 Å². The third kappa shape index (κ3) is 3.59. The summed E-state index contributed by atoms with van der Waals surface area (Å²) in [6.07, 6.45) is 2.65. The van der Waals surface area contributed by atoms with Crippen LogP contribution in [0.2, 0.25) is 0 Å². The summed E-state index contributed by atoms with van der Waals surface area (Å²) >= 11 is 0. The van der Waals surface area contributed by atoms with Crippen molar-refractivity contribution in [3.63, 3.8) is 0 Å². The van der Waals surface area contributed by atoms with E-state index in [2.05, 4.69) is 5.32 Å². The first-order valence-corrected chi connectivity index (χ1v) is 6.49. The van der Waals surface area contributed by atoms with Gasteiger partial charge in [-0.1, -0.05) is 0 Å². The SMILES string of the molecule is CN1CCC(NC(=O)N(CC(=O)O)CC2CC2)C1=O. The largest absolute Gasteiger partial charge is 0.480 e. The summed E-state index contributed by atoms with van der Waals surface area (Å²) < 4.78 is 0. The lowest BCUT2D eigenvalue weighted by molar-refractivity contribution is -0.137. The number of rotatable bonds is 5. The quantitative estimate of drug-likeness (QED) is 0.718. The predicted molar refractivity (Wildman–Crippen MR) is 66.5 cm³/mol. The van der Waals surface area contributed by atoms with E-state index in [1.807, 2.05) is 0 Å². The molecule has 19 heavy (non-hydrogen) atoms. The van der Waals surface area contributed by atoms with Crippen molar-refractivity contribution < 1.29 is 19.5 Å². The lowest BCUT2D eigenvalue weighted by Gasteiger charge is -2.23. The van der Waals surface area contributed by atoms with E-state index in [4.69, 9.17) is 5.11 Å². The maximum atomic E-state index is 12.0. The highest BCUT2D eigenvalue weighted by atomic mass is 16.4. The second-order valence-electron chi connectivity index (χ2n) is 5.27. The minimum Gasteiger partial charge on any atom is -0.480 e. The van der Waals surface area contributed by atoms with Gasteiger partial charge < -0.3 is 20.2 Å². The Bertz CT molecular complexity index is 394. The van der Waals surface area contributed by atoms with Crippen molar-refractivity contribution in [2.24, 2.45) is 5.92 Å². The molecule has 2 aliphatic rings. The van der Waals surface area contributed by atoms with Gasteiger partial charge in [0.2, 0.25) is 5.91 Å². The van der Waals surface area contributed by atoms with Crippen molar-refractivity contribution in [1.82, 2.24) is 15.1 Å². The number of urea groups is 1. The lowest BCUT2D eigenvalue weighted by Crippen LogP contribution is -2.49. The highest BCUT2D eigenvalue weighted by Gasteiger charge is 2.33. The molecule has 1 saturated heterocycles. The van der Waals surface area contributed by atoms with Gasteiger partial charge in [0, 0.05) is 20.1 Å². The molecular formula is C12H19N3O4. The molecule has 0 spiro atoms. The van der Waals surface area contributed by atoms with E-state index >= 15 is 0 Å². The van der Waals surface area contributed by atoms with Crippen LogP contribution in [0.15, 0.2) is 0 Å². The number of likely N-dealkylation sites (tertiary alicyclic amines) is 1. The fraction of sp³-hybridized carbons (Fsp3) is 0.750. The molecule has 7 nitrogen and oxygen atoms in total. The minimum absolute atomic E-state index is 0.116. The summed E-state index contributed by atoms with van der Waals surface area (Å²) in [5, 5.41) is 11.5. The van der Waals surface area contributed by atoms with Gasteiger partial charge in [-0.05, 0) is 25.2 Å². The molecule has 106 valence electrons. The second-order valence-corrected chi connectivity index (χ2v) is 5.27. The van der Waals surface area contributed by atoms with Crippen molar-refractivity contribution in [3.05, 3.63) is 0 Å². The summed E-state index contributed by atoms with van der Waals surface area (Å²) in [7, 11) is 1.69. The number of hydrogen-bond acceptors (Lipinski definition) is 3. The van der Waals surface area contributed by atoms with Crippen LogP contribution in [0.25, 0.3) is 0 Å². The molecule has 0 aromatic carbocycles. The maximum absolute atomic E-state index is 12.0. The molecule has 2 rings (SSSR count). The number of carbonyl (C=O) groups excluding carboxylic acids is 2. The molecule has 0 aromatic heterocycles. The number of likely N-dealkylation sites (N-methyl/N-ethyl adjacent to an activating group) is 1. The number of aliphatic carboxylic acids is 1. The maximum Gasteiger partial charge on any atom is 0.323 e. The van der Waals surface area contributed by atoms with Gasteiger partial charge in [0.1, 0.15) is 12.6 Å².